The van der Waals surface area contributed by atoms with E-state index in [2.05, 4.69) is 13.8 Å². The molecule has 0 amide bonds. The van der Waals surface area contributed by atoms with Gasteiger partial charge in [-0.05, 0) is 12.8 Å². The molecule has 0 saturated heterocycles. The summed E-state index contributed by atoms with van der Waals surface area (Å²) in [5, 5.41) is 0. The van der Waals surface area contributed by atoms with Crippen LogP contribution in [-0.2, 0) is 19.4 Å². The number of halogens is 3. The number of hydrogen-bond acceptors (Lipinski definition) is 1. The Kier molecular flexibility index (Phi) is 28.1. The molecule has 0 heterocycles. The Morgan fingerprint density at radius 3 is 1.19 bits per heavy atom. The summed E-state index contributed by atoms with van der Waals surface area (Å²) in [7, 11) is 14.9. The number of hydrogen-bond donors (Lipinski definition) is 0. The molecule has 0 radical (unpaired) electrons. The Morgan fingerprint density at radius 1 is 0.571 bits per heavy atom. The number of unbranched alkanes of at least 4 members (excludes halogenated alkanes) is 10. The van der Waals surface area contributed by atoms with Gasteiger partial charge in [-0.25, -0.2) is 0 Å². The molecule has 0 aliphatic rings. The number of rotatable bonds is 14. The van der Waals surface area contributed by atoms with Crippen molar-refractivity contribution in [3.05, 3.63) is 0 Å². The molecule has 0 atom stereocenters. The summed E-state index contributed by atoms with van der Waals surface area (Å²) < 4.78 is 5.65. The van der Waals surface area contributed by atoms with Crippen LogP contribution in [0.3, 0.4) is 0 Å². The van der Waals surface area contributed by atoms with Crippen molar-refractivity contribution >= 4 is 27.9 Å². The fourth-order valence-electron chi connectivity index (χ4n) is 2.07. The van der Waals surface area contributed by atoms with Gasteiger partial charge in [-0.1, -0.05) is 78.1 Å². The van der Waals surface area contributed by atoms with E-state index in [0.717, 1.165) is 13.2 Å². The first kappa shape index (κ1) is 24.8. The molecule has 5 heteroatoms. The Labute approximate surface area is 150 Å². The van der Waals surface area contributed by atoms with Gasteiger partial charge in [-0.3, -0.25) is 0 Å². The van der Waals surface area contributed by atoms with Crippen LogP contribution in [0.4, 0.5) is 0 Å². The molecular formula is C16H34Cl3OTi. The summed E-state index contributed by atoms with van der Waals surface area (Å²) in [6.45, 7) is 6.51. The first-order chi connectivity index (χ1) is 10.1. The molecule has 0 fully saturated rings. The van der Waals surface area contributed by atoms with E-state index in [-0.39, 0.29) is 0 Å². The molecule has 0 bridgehead atoms. The maximum absolute atomic E-state index is 5.65. The molecule has 129 valence electrons. The quantitative estimate of drug-likeness (QED) is 0.215. The summed E-state index contributed by atoms with van der Waals surface area (Å²) in [6, 6.07) is 0. The third-order valence-electron chi connectivity index (χ3n) is 3.28. The molecule has 0 aromatic rings. The summed E-state index contributed by atoms with van der Waals surface area (Å²) >= 11 is -1.92. The van der Waals surface area contributed by atoms with Crippen molar-refractivity contribution in [3.8, 4) is 0 Å². The van der Waals surface area contributed by atoms with Crippen LogP contribution in [-0.4, -0.2) is 13.2 Å². The Morgan fingerprint density at radius 2 is 0.857 bits per heavy atom. The normalized spacial score (nSPS) is 10.1. The monoisotopic (exact) mass is 395 g/mol. The van der Waals surface area contributed by atoms with Crippen molar-refractivity contribution in [3.63, 3.8) is 0 Å². The predicted octanol–water partition coefficient (Wildman–Crippen LogP) is 7.79. The molecule has 0 unspecified atom stereocenters. The van der Waals surface area contributed by atoms with Gasteiger partial charge in [0.1, 0.15) is 0 Å². The van der Waals surface area contributed by atoms with E-state index in [1.807, 2.05) is 0 Å². The molecule has 0 aromatic carbocycles. The van der Waals surface area contributed by atoms with E-state index in [9.17, 15) is 0 Å². The second-order valence-corrected chi connectivity index (χ2v) is 13.1. The van der Waals surface area contributed by atoms with Crippen LogP contribution in [0.15, 0.2) is 0 Å². The maximum atomic E-state index is 5.65. The Bertz CT molecular complexity index is 155. The van der Waals surface area contributed by atoms with Crippen molar-refractivity contribution in [1.29, 1.82) is 0 Å². The summed E-state index contributed by atoms with van der Waals surface area (Å²) in [4.78, 5) is 0. The first-order valence-electron chi connectivity index (χ1n) is 8.56. The van der Waals surface area contributed by atoms with Crippen molar-refractivity contribution in [2.45, 2.75) is 90.9 Å². The third kappa shape index (κ3) is 34.1. The summed E-state index contributed by atoms with van der Waals surface area (Å²) in [5.41, 5.74) is 0. The standard InChI is InChI=1S/C16H34O.3ClH.Ti/c1-3-5-7-9-11-13-15-17-16-14-12-10-8-6-4-2;;;;/h3-16H2,1-2H3;3*1H;/q;;;;+3/p-3. The van der Waals surface area contributed by atoms with Crippen LogP contribution in [0.25, 0.3) is 0 Å². The fourth-order valence-corrected chi connectivity index (χ4v) is 2.07. The van der Waals surface area contributed by atoms with Gasteiger partial charge >= 0.3 is 42.6 Å². The van der Waals surface area contributed by atoms with E-state index >= 15 is 0 Å². The average molecular weight is 397 g/mol. The van der Waals surface area contributed by atoms with Gasteiger partial charge in [-0.15, -0.1) is 0 Å². The zero-order valence-corrected chi connectivity index (χ0v) is 17.8. The molecule has 21 heavy (non-hydrogen) atoms. The van der Waals surface area contributed by atoms with E-state index in [0.29, 0.717) is 0 Å². The van der Waals surface area contributed by atoms with Crippen LogP contribution in [0, 0.1) is 0 Å². The zero-order valence-electron chi connectivity index (χ0n) is 13.9. The van der Waals surface area contributed by atoms with Gasteiger partial charge in [0, 0.05) is 13.2 Å². The molecule has 0 aliphatic heterocycles. The van der Waals surface area contributed by atoms with Crippen molar-refractivity contribution in [2.24, 2.45) is 0 Å². The van der Waals surface area contributed by atoms with Gasteiger partial charge in [0.2, 0.25) is 0 Å². The molecule has 0 aliphatic carbocycles. The minimum atomic E-state index is -1.92. The molecule has 0 spiro atoms. The predicted molar refractivity (Wildman–Crippen MR) is 95.1 cm³/mol. The van der Waals surface area contributed by atoms with E-state index < -0.39 is 14.7 Å². The molecule has 1 nitrogen and oxygen atoms in total. The van der Waals surface area contributed by atoms with Crippen molar-refractivity contribution in [1.82, 2.24) is 0 Å². The van der Waals surface area contributed by atoms with Gasteiger partial charge in [0.05, 0.1) is 0 Å². The van der Waals surface area contributed by atoms with Gasteiger partial charge in [-0.2, -0.15) is 0 Å². The topological polar surface area (TPSA) is 9.23 Å². The molecule has 0 N–H and O–H groups in total. The fraction of sp³-hybridized carbons (Fsp3) is 1.00. The summed E-state index contributed by atoms with van der Waals surface area (Å²) in [5.74, 6) is 0. The third-order valence-corrected chi connectivity index (χ3v) is 3.28. The van der Waals surface area contributed by atoms with Crippen molar-refractivity contribution < 1.29 is 19.4 Å². The van der Waals surface area contributed by atoms with Crippen LogP contribution >= 0.6 is 27.9 Å². The van der Waals surface area contributed by atoms with Gasteiger partial charge in [0.25, 0.3) is 0 Å². The van der Waals surface area contributed by atoms with Crippen LogP contribution in [0.1, 0.15) is 90.9 Å². The van der Waals surface area contributed by atoms with Crippen LogP contribution in [0.2, 0.25) is 0 Å². The van der Waals surface area contributed by atoms with Crippen molar-refractivity contribution in [2.75, 3.05) is 13.2 Å². The molecule has 0 aromatic heterocycles. The van der Waals surface area contributed by atoms with E-state index in [1.165, 1.54) is 77.0 Å². The van der Waals surface area contributed by atoms with Gasteiger partial charge in [0.15, 0.2) is 0 Å². The van der Waals surface area contributed by atoms with E-state index in [1.54, 1.807) is 0 Å². The second kappa shape index (κ2) is 23.8. The Hall–Kier alpha value is 1.54. The molecular weight excluding hydrogens is 362 g/mol. The van der Waals surface area contributed by atoms with Crippen LogP contribution in [0.5, 0.6) is 0 Å². The average Bonchev–Trinajstić information content (AvgIpc) is 2.43. The summed E-state index contributed by atoms with van der Waals surface area (Å²) in [6.07, 6.45) is 16.3. The van der Waals surface area contributed by atoms with E-state index in [4.69, 9.17) is 32.7 Å². The SMILES string of the molecule is CCCCCCCCOCCCCCCCC.[Cl][Ti]([Cl])[Cl]. The second-order valence-electron chi connectivity index (χ2n) is 5.36. The molecule has 0 saturated carbocycles. The van der Waals surface area contributed by atoms with Gasteiger partial charge < -0.3 is 4.74 Å². The van der Waals surface area contributed by atoms with Crippen LogP contribution < -0.4 is 0 Å². The minimum absolute atomic E-state index is 0.987. The number of ether oxygens (including phenoxy) is 1. The zero-order chi connectivity index (χ0) is 16.2. The molecule has 0 rings (SSSR count). The first-order valence-corrected chi connectivity index (χ1v) is 15.0. The Balaban J connectivity index is 0.